The number of hydrogen-bond donors (Lipinski definition) is 1. The molecule has 7 heteroatoms. The summed E-state index contributed by atoms with van der Waals surface area (Å²) in [4.78, 5) is 21.9. The van der Waals surface area contributed by atoms with E-state index in [4.69, 9.17) is 0 Å². The van der Waals surface area contributed by atoms with Gasteiger partial charge < -0.3 is 20.0 Å². The molecule has 0 aliphatic carbocycles. The lowest BCUT2D eigenvalue weighted by Crippen LogP contribution is -2.40. The average molecular weight is 473 g/mol. The molecule has 0 saturated heterocycles. The van der Waals surface area contributed by atoms with Gasteiger partial charge in [0.2, 0.25) is 5.91 Å². The highest BCUT2D eigenvalue weighted by Crippen LogP contribution is 2.14. The van der Waals surface area contributed by atoms with E-state index >= 15 is 0 Å². The van der Waals surface area contributed by atoms with E-state index in [-0.39, 0.29) is 36.4 Å². The number of rotatable bonds is 7. The van der Waals surface area contributed by atoms with Crippen LogP contribution in [0.15, 0.2) is 41.4 Å². The number of amides is 1. The molecular formula is C19H32IN5O. The Morgan fingerprint density at radius 3 is 2.38 bits per heavy atom. The molecule has 0 unspecified atom stereocenters. The fourth-order valence-electron chi connectivity index (χ4n) is 2.11. The van der Waals surface area contributed by atoms with Crippen LogP contribution in [0.3, 0.4) is 0 Å². The number of likely N-dealkylation sites (N-methyl/N-ethyl adjacent to an activating group) is 1. The molecule has 1 aromatic carbocycles. The van der Waals surface area contributed by atoms with Crippen molar-refractivity contribution >= 4 is 41.5 Å². The van der Waals surface area contributed by atoms with Gasteiger partial charge in [-0.1, -0.05) is 24.3 Å². The Kier molecular flexibility index (Phi) is 11.0. The van der Waals surface area contributed by atoms with Gasteiger partial charge in [0.25, 0.3) is 0 Å². The molecular weight excluding hydrogens is 441 g/mol. The van der Waals surface area contributed by atoms with Crippen molar-refractivity contribution in [3.63, 3.8) is 0 Å². The van der Waals surface area contributed by atoms with E-state index in [9.17, 15) is 4.79 Å². The first-order valence-corrected chi connectivity index (χ1v) is 8.31. The minimum absolute atomic E-state index is 0. The number of nitrogens with zero attached hydrogens (tertiary/aromatic N) is 4. The Balaban J connectivity index is 0.00000625. The maximum Gasteiger partial charge on any atom is 0.243 e. The highest BCUT2D eigenvalue weighted by Gasteiger charge is 2.10. The van der Waals surface area contributed by atoms with E-state index in [2.05, 4.69) is 40.0 Å². The van der Waals surface area contributed by atoms with Crippen molar-refractivity contribution in [3.8, 4) is 0 Å². The molecule has 0 saturated carbocycles. The molecule has 0 spiro atoms. The quantitative estimate of drug-likeness (QED) is 0.286. The van der Waals surface area contributed by atoms with Crippen molar-refractivity contribution in [2.45, 2.75) is 13.5 Å². The van der Waals surface area contributed by atoms with Gasteiger partial charge in [-0.05, 0) is 24.6 Å². The molecule has 0 heterocycles. The zero-order chi connectivity index (χ0) is 19.0. The predicted octanol–water partition coefficient (Wildman–Crippen LogP) is 2.41. The van der Waals surface area contributed by atoms with Gasteiger partial charge in [-0.3, -0.25) is 4.79 Å². The minimum atomic E-state index is -0.0300. The van der Waals surface area contributed by atoms with E-state index in [1.165, 1.54) is 5.56 Å². The molecule has 146 valence electrons. The summed E-state index contributed by atoms with van der Waals surface area (Å²) in [5, 5.41) is 3.27. The Morgan fingerprint density at radius 1 is 1.19 bits per heavy atom. The lowest BCUT2D eigenvalue weighted by atomic mass is 10.2. The smallest absolute Gasteiger partial charge is 0.243 e. The second kappa shape index (κ2) is 11.8. The lowest BCUT2D eigenvalue weighted by Gasteiger charge is -2.23. The highest BCUT2D eigenvalue weighted by molar-refractivity contribution is 14.0. The summed E-state index contributed by atoms with van der Waals surface area (Å²) in [6, 6.07) is 8.36. The maximum atomic E-state index is 11.8. The van der Waals surface area contributed by atoms with E-state index < -0.39 is 0 Å². The third kappa shape index (κ3) is 8.55. The molecule has 0 fully saturated rings. The van der Waals surface area contributed by atoms with Crippen LogP contribution in [0.4, 0.5) is 5.69 Å². The molecule has 26 heavy (non-hydrogen) atoms. The third-order valence-corrected chi connectivity index (χ3v) is 3.62. The largest absolute Gasteiger partial charge is 0.378 e. The minimum Gasteiger partial charge on any atom is -0.378 e. The number of carbonyl (C=O) groups excluding carboxylic acids is 1. The van der Waals surface area contributed by atoms with Crippen molar-refractivity contribution < 1.29 is 4.79 Å². The number of anilines is 1. The summed E-state index contributed by atoms with van der Waals surface area (Å²) in [5.74, 6) is 0.658. The summed E-state index contributed by atoms with van der Waals surface area (Å²) in [5.41, 5.74) is 3.34. The molecule has 0 radical (unpaired) electrons. The van der Waals surface area contributed by atoms with Gasteiger partial charge in [-0.2, -0.15) is 0 Å². The van der Waals surface area contributed by atoms with Gasteiger partial charge >= 0.3 is 0 Å². The molecule has 0 atom stereocenters. The zero-order valence-electron chi connectivity index (χ0n) is 16.7. The molecule has 0 bridgehead atoms. The monoisotopic (exact) mass is 473 g/mol. The number of carbonyl (C=O) groups is 1. The van der Waals surface area contributed by atoms with Crippen LogP contribution < -0.4 is 10.2 Å². The molecule has 0 aliphatic heterocycles. The summed E-state index contributed by atoms with van der Waals surface area (Å²) in [7, 11) is 9.48. The van der Waals surface area contributed by atoms with Crippen molar-refractivity contribution in [2.24, 2.45) is 4.99 Å². The van der Waals surface area contributed by atoms with Crippen LogP contribution in [0.2, 0.25) is 0 Å². The molecule has 0 aliphatic rings. The predicted molar refractivity (Wildman–Crippen MR) is 121 cm³/mol. The van der Waals surface area contributed by atoms with E-state index in [0.29, 0.717) is 19.0 Å². The second-order valence-corrected chi connectivity index (χ2v) is 6.66. The maximum absolute atomic E-state index is 11.8. The van der Waals surface area contributed by atoms with Crippen molar-refractivity contribution in [1.29, 1.82) is 0 Å². The fourth-order valence-corrected chi connectivity index (χ4v) is 2.11. The normalized spacial score (nSPS) is 10.6. The standard InChI is InChI=1S/C19H31N5O.HI/c1-15(2)12-20-19(21-13-18(25)23(5)6)24(7)14-16-9-8-10-17(11-16)22(3)4;/h8-11H,1,12-14H2,2-7H3,(H,20,21);1H. The number of halogens is 1. The fraction of sp³-hybridized carbons (Fsp3) is 0.474. The number of guanidine groups is 1. The Bertz CT molecular complexity index is 628. The number of hydrogen-bond acceptors (Lipinski definition) is 3. The number of nitrogens with one attached hydrogen (secondary N) is 1. The van der Waals surface area contributed by atoms with Crippen LogP contribution in [0.1, 0.15) is 12.5 Å². The van der Waals surface area contributed by atoms with Crippen molar-refractivity contribution in [2.75, 3.05) is 53.2 Å². The van der Waals surface area contributed by atoms with Crippen LogP contribution >= 0.6 is 24.0 Å². The molecule has 1 rings (SSSR count). The Labute approximate surface area is 175 Å². The number of benzene rings is 1. The molecule has 0 aromatic heterocycles. The third-order valence-electron chi connectivity index (χ3n) is 3.62. The first-order valence-electron chi connectivity index (χ1n) is 8.31. The van der Waals surface area contributed by atoms with Crippen molar-refractivity contribution in [1.82, 2.24) is 15.1 Å². The van der Waals surface area contributed by atoms with Gasteiger partial charge in [-0.25, -0.2) is 4.99 Å². The van der Waals surface area contributed by atoms with Gasteiger partial charge in [0.15, 0.2) is 5.96 Å². The lowest BCUT2D eigenvalue weighted by molar-refractivity contribution is -0.127. The average Bonchev–Trinajstić information content (AvgIpc) is 2.54. The summed E-state index contributed by atoms with van der Waals surface area (Å²) >= 11 is 0. The van der Waals surface area contributed by atoms with Crippen LogP contribution in [0.5, 0.6) is 0 Å². The van der Waals surface area contributed by atoms with Crippen LogP contribution in [-0.4, -0.2) is 70.0 Å². The van der Waals surface area contributed by atoms with Crippen LogP contribution in [0, 0.1) is 0 Å². The Morgan fingerprint density at radius 2 is 1.85 bits per heavy atom. The summed E-state index contributed by atoms with van der Waals surface area (Å²) < 4.78 is 0. The van der Waals surface area contributed by atoms with Gasteiger partial charge in [0.05, 0.1) is 0 Å². The van der Waals surface area contributed by atoms with Gasteiger partial charge in [0, 0.05) is 54.0 Å². The molecule has 1 amide bonds. The molecule has 1 aromatic rings. The van der Waals surface area contributed by atoms with Crippen molar-refractivity contribution in [3.05, 3.63) is 42.0 Å². The first kappa shape index (κ1) is 24.2. The van der Waals surface area contributed by atoms with Crippen LogP contribution in [-0.2, 0) is 11.3 Å². The number of aliphatic imine (C=N–C) groups is 1. The first-order chi connectivity index (χ1) is 11.7. The van der Waals surface area contributed by atoms with Gasteiger partial charge in [0.1, 0.15) is 6.54 Å². The molecule has 1 N–H and O–H groups in total. The highest BCUT2D eigenvalue weighted by atomic mass is 127. The zero-order valence-corrected chi connectivity index (χ0v) is 19.1. The van der Waals surface area contributed by atoms with E-state index in [1.54, 1.807) is 19.0 Å². The second-order valence-electron chi connectivity index (χ2n) is 6.66. The van der Waals surface area contributed by atoms with Crippen LogP contribution in [0.25, 0.3) is 0 Å². The van der Waals surface area contributed by atoms with Gasteiger partial charge in [-0.15, -0.1) is 24.0 Å². The SMILES string of the molecule is C=C(C)CNC(=NCC(=O)N(C)C)N(C)Cc1cccc(N(C)C)c1.I. The summed E-state index contributed by atoms with van der Waals surface area (Å²) in [6.45, 7) is 7.30. The van der Waals surface area contributed by atoms with E-state index in [0.717, 1.165) is 11.3 Å². The van der Waals surface area contributed by atoms with E-state index in [1.807, 2.05) is 39.0 Å². The Hall–Kier alpha value is -1.77. The molecule has 6 nitrogen and oxygen atoms in total. The topological polar surface area (TPSA) is 51.2 Å². The summed E-state index contributed by atoms with van der Waals surface area (Å²) in [6.07, 6.45) is 0.